The van der Waals surface area contributed by atoms with Crippen molar-refractivity contribution in [3.63, 3.8) is 0 Å². The zero-order valence-corrected chi connectivity index (χ0v) is 12.1. The molecule has 0 aromatic rings. The molecular weight excluding hydrogens is 240 g/mol. The third kappa shape index (κ3) is 9.52. The van der Waals surface area contributed by atoms with E-state index in [0.717, 1.165) is 12.8 Å². The van der Waals surface area contributed by atoms with Crippen LogP contribution in [0.3, 0.4) is 0 Å². The summed E-state index contributed by atoms with van der Waals surface area (Å²) >= 11 is 0. The van der Waals surface area contributed by atoms with Crippen LogP contribution in [0.2, 0.25) is 0 Å². The lowest BCUT2D eigenvalue weighted by atomic mass is 10.0. The predicted octanol–water partition coefficient (Wildman–Crippen LogP) is 1.01. The van der Waals surface area contributed by atoms with Crippen LogP contribution in [0.25, 0.3) is 0 Å². The molecule has 104 valence electrons. The Morgan fingerprint density at radius 1 is 1.24 bits per heavy atom. The van der Waals surface area contributed by atoms with Crippen LogP contribution < -0.4 is 9.44 Å². The first-order valence-corrected chi connectivity index (χ1v) is 7.58. The van der Waals surface area contributed by atoms with Gasteiger partial charge < -0.3 is 5.11 Å². The fourth-order valence-electron chi connectivity index (χ4n) is 1.61. The summed E-state index contributed by atoms with van der Waals surface area (Å²) in [6.45, 7) is 7.90. The normalized spacial score (nSPS) is 14.9. The third-order valence-corrected chi connectivity index (χ3v) is 3.66. The Labute approximate surface area is 105 Å². The van der Waals surface area contributed by atoms with Crippen LogP contribution in [-0.2, 0) is 10.2 Å². The molecule has 17 heavy (non-hydrogen) atoms. The van der Waals surface area contributed by atoms with Crippen molar-refractivity contribution in [1.82, 2.24) is 9.44 Å². The minimum absolute atomic E-state index is 0.0963. The van der Waals surface area contributed by atoms with Gasteiger partial charge in [-0.1, -0.05) is 13.3 Å². The average Bonchev–Trinajstić information content (AvgIpc) is 2.11. The minimum Gasteiger partial charge on any atom is -0.396 e. The first-order chi connectivity index (χ1) is 7.70. The van der Waals surface area contributed by atoms with Crippen LogP contribution in [0.1, 0.15) is 47.0 Å². The number of hydrogen-bond acceptors (Lipinski definition) is 3. The van der Waals surface area contributed by atoms with Gasteiger partial charge in [-0.3, -0.25) is 0 Å². The molecule has 3 N–H and O–H groups in total. The summed E-state index contributed by atoms with van der Waals surface area (Å²) in [4.78, 5) is 0. The molecule has 0 aliphatic rings. The predicted molar refractivity (Wildman–Crippen MR) is 69.9 cm³/mol. The van der Waals surface area contributed by atoms with Gasteiger partial charge >= 0.3 is 0 Å². The summed E-state index contributed by atoms with van der Waals surface area (Å²) in [5, 5.41) is 8.89. The van der Waals surface area contributed by atoms with Crippen molar-refractivity contribution in [2.45, 2.75) is 52.5 Å². The van der Waals surface area contributed by atoms with E-state index in [-0.39, 0.29) is 12.5 Å². The van der Waals surface area contributed by atoms with Gasteiger partial charge in [0.25, 0.3) is 10.2 Å². The Bertz CT molecular complexity index is 290. The number of hydrogen-bond donors (Lipinski definition) is 3. The molecule has 6 heteroatoms. The Morgan fingerprint density at radius 3 is 2.24 bits per heavy atom. The molecule has 0 bridgehead atoms. The lowest BCUT2D eigenvalue weighted by Gasteiger charge is -2.22. The van der Waals surface area contributed by atoms with Gasteiger partial charge in [-0.2, -0.15) is 13.1 Å². The molecule has 0 amide bonds. The maximum absolute atomic E-state index is 11.7. The molecule has 0 rings (SSSR count). The lowest BCUT2D eigenvalue weighted by molar-refractivity contribution is 0.251. The highest BCUT2D eigenvalue weighted by molar-refractivity contribution is 7.87. The molecule has 1 atom stereocenters. The Kier molecular flexibility index (Phi) is 7.23. The summed E-state index contributed by atoms with van der Waals surface area (Å²) in [7, 11) is -3.45. The van der Waals surface area contributed by atoms with Gasteiger partial charge in [-0.25, -0.2) is 4.72 Å². The maximum atomic E-state index is 11.7. The van der Waals surface area contributed by atoms with Gasteiger partial charge in [0.1, 0.15) is 0 Å². The first-order valence-electron chi connectivity index (χ1n) is 6.09. The van der Waals surface area contributed by atoms with Gasteiger partial charge in [0.05, 0.1) is 0 Å². The van der Waals surface area contributed by atoms with Crippen LogP contribution >= 0.6 is 0 Å². The second kappa shape index (κ2) is 7.31. The second-order valence-corrected chi connectivity index (χ2v) is 6.87. The lowest BCUT2D eigenvalue weighted by Crippen LogP contribution is -2.47. The number of aliphatic hydroxyl groups is 1. The van der Waals surface area contributed by atoms with Gasteiger partial charge in [0.15, 0.2) is 0 Å². The highest BCUT2D eigenvalue weighted by Crippen LogP contribution is 2.10. The van der Waals surface area contributed by atoms with Crippen molar-refractivity contribution in [3.8, 4) is 0 Å². The highest BCUT2D eigenvalue weighted by atomic mass is 32.2. The maximum Gasteiger partial charge on any atom is 0.277 e. The van der Waals surface area contributed by atoms with E-state index in [0.29, 0.717) is 13.0 Å². The van der Waals surface area contributed by atoms with Crippen LogP contribution in [0, 0.1) is 5.92 Å². The Morgan fingerprint density at radius 2 is 1.82 bits per heavy atom. The third-order valence-electron chi connectivity index (χ3n) is 2.24. The van der Waals surface area contributed by atoms with E-state index in [1.807, 2.05) is 6.92 Å². The van der Waals surface area contributed by atoms with Crippen molar-refractivity contribution in [1.29, 1.82) is 0 Å². The van der Waals surface area contributed by atoms with Crippen LogP contribution in [0.4, 0.5) is 0 Å². The van der Waals surface area contributed by atoms with Gasteiger partial charge in [0, 0.05) is 18.7 Å². The minimum atomic E-state index is -3.45. The molecule has 0 fully saturated rings. The van der Waals surface area contributed by atoms with E-state index >= 15 is 0 Å². The molecule has 0 aliphatic carbocycles. The number of nitrogens with one attached hydrogen (secondary N) is 2. The van der Waals surface area contributed by atoms with Crippen molar-refractivity contribution >= 4 is 10.2 Å². The largest absolute Gasteiger partial charge is 0.396 e. The molecule has 0 aromatic heterocycles. The summed E-state index contributed by atoms with van der Waals surface area (Å²) in [6, 6.07) is 0. The van der Waals surface area contributed by atoms with E-state index in [9.17, 15) is 8.42 Å². The monoisotopic (exact) mass is 266 g/mol. The van der Waals surface area contributed by atoms with Crippen molar-refractivity contribution in [3.05, 3.63) is 0 Å². The standard InChI is InChI=1S/C11H26N2O3S/c1-5-6-10(7-8-14)9-12-17(15,16)13-11(2,3)4/h10,12-14H,5-9H2,1-4H3. The molecule has 1 unspecified atom stereocenters. The average molecular weight is 266 g/mol. The molecule has 5 nitrogen and oxygen atoms in total. The zero-order chi connectivity index (χ0) is 13.5. The fourth-order valence-corrected chi connectivity index (χ4v) is 2.94. The summed E-state index contributed by atoms with van der Waals surface area (Å²) in [6.07, 6.45) is 2.53. The summed E-state index contributed by atoms with van der Waals surface area (Å²) < 4.78 is 28.4. The zero-order valence-electron chi connectivity index (χ0n) is 11.3. The molecule has 0 saturated heterocycles. The van der Waals surface area contributed by atoms with Crippen LogP contribution in [-0.4, -0.2) is 32.2 Å². The van der Waals surface area contributed by atoms with E-state index < -0.39 is 15.7 Å². The SMILES string of the molecule is CCCC(CCO)CNS(=O)(=O)NC(C)(C)C. The summed E-state index contributed by atoms with van der Waals surface area (Å²) in [5.41, 5.74) is -0.483. The number of rotatable bonds is 8. The van der Waals surface area contributed by atoms with Crippen LogP contribution in [0.15, 0.2) is 0 Å². The van der Waals surface area contributed by atoms with Crippen molar-refractivity contribution in [2.75, 3.05) is 13.2 Å². The molecule has 0 aromatic carbocycles. The van der Waals surface area contributed by atoms with Crippen molar-refractivity contribution < 1.29 is 13.5 Å². The molecule has 0 heterocycles. The van der Waals surface area contributed by atoms with Crippen LogP contribution in [0.5, 0.6) is 0 Å². The smallest absolute Gasteiger partial charge is 0.277 e. The van der Waals surface area contributed by atoms with E-state index in [1.54, 1.807) is 20.8 Å². The van der Waals surface area contributed by atoms with E-state index in [2.05, 4.69) is 9.44 Å². The Balaban J connectivity index is 4.23. The quantitative estimate of drug-likeness (QED) is 0.613. The molecular formula is C11H26N2O3S. The molecule has 0 spiro atoms. The second-order valence-electron chi connectivity index (χ2n) is 5.37. The Hall–Kier alpha value is -0.170. The van der Waals surface area contributed by atoms with Gasteiger partial charge in [-0.05, 0) is 39.5 Å². The van der Waals surface area contributed by atoms with E-state index in [1.165, 1.54) is 0 Å². The molecule has 0 radical (unpaired) electrons. The van der Waals surface area contributed by atoms with Gasteiger partial charge in [-0.15, -0.1) is 0 Å². The molecule has 0 saturated carbocycles. The fraction of sp³-hybridized carbons (Fsp3) is 1.00. The topological polar surface area (TPSA) is 78.4 Å². The highest BCUT2D eigenvalue weighted by Gasteiger charge is 2.20. The van der Waals surface area contributed by atoms with E-state index in [4.69, 9.17) is 5.11 Å². The van der Waals surface area contributed by atoms with Crippen molar-refractivity contribution in [2.24, 2.45) is 5.92 Å². The summed E-state index contributed by atoms with van der Waals surface area (Å²) in [5.74, 6) is 0.196. The van der Waals surface area contributed by atoms with Gasteiger partial charge in [0.2, 0.25) is 0 Å². The first kappa shape index (κ1) is 16.8. The number of aliphatic hydroxyl groups excluding tert-OH is 1. The molecule has 0 aliphatic heterocycles.